The number of aromatic nitrogens is 2. The highest BCUT2D eigenvalue weighted by Gasteiger charge is 2.45. The molecule has 154 valence electrons. The van der Waals surface area contributed by atoms with Gasteiger partial charge < -0.3 is 20.2 Å². The summed E-state index contributed by atoms with van der Waals surface area (Å²) in [6.07, 6.45) is 1.82. The van der Waals surface area contributed by atoms with Gasteiger partial charge in [0.05, 0.1) is 23.7 Å². The van der Waals surface area contributed by atoms with Gasteiger partial charge in [0.2, 0.25) is 0 Å². The summed E-state index contributed by atoms with van der Waals surface area (Å²) < 4.78 is 43.1. The van der Waals surface area contributed by atoms with Gasteiger partial charge in [-0.05, 0) is 38.1 Å². The van der Waals surface area contributed by atoms with E-state index < -0.39 is 24.3 Å². The molecule has 0 radical (unpaired) electrons. The molecule has 1 aliphatic rings. The molecule has 1 atom stereocenters. The molecule has 2 aromatic heterocycles. The standard InChI is InChI=1S/C20H22F2N4O3/c1-11-16(19(23)27)18-15(29-11)4-3-14(28-9-12-5-8-25-26(12)2)17(18)13-6-7-24-10-20(13,21)22/h3-5,8,13,24H,6-7,9-10H2,1-2H3,(H2,23,27). The lowest BCUT2D eigenvalue weighted by Crippen LogP contribution is -2.44. The molecule has 3 heterocycles. The molecule has 1 saturated heterocycles. The van der Waals surface area contributed by atoms with Crippen molar-refractivity contribution < 1.29 is 22.7 Å². The van der Waals surface area contributed by atoms with E-state index in [0.29, 0.717) is 23.3 Å². The molecule has 1 unspecified atom stereocenters. The van der Waals surface area contributed by atoms with E-state index in [2.05, 4.69) is 10.4 Å². The third kappa shape index (κ3) is 3.35. The second kappa shape index (κ2) is 7.14. The number of benzene rings is 1. The van der Waals surface area contributed by atoms with Crippen molar-refractivity contribution >= 4 is 16.9 Å². The van der Waals surface area contributed by atoms with Gasteiger partial charge in [0.15, 0.2) is 0 Å². The molecule has 3 N–H and O–H groups in total. The number of hydrogen-bond donors (Lipinski definition) is 2. The molecule has 0 bridgehead atoms. The third-order valence-corrected chi connectivity index (χ3v) is 5.41. The molecule has 3 aromatic rings. The zero-order valence-corrected chi connectivity index (χ0v) is 16.2. The molecule has 4 rings (SSSR count). The van der Waals surface area contributed by atoms with E-state index in [1.165, 1.54) is 0 Å². The Morgan fingerprint density at radius 2 is 2.24 bits per heavy atom. The second-order valence-corrected chi connectivity index (χ2v) is 7.26. The highest BCUT2D eigenvalue weighted by atomic mass is 19.3. The minimum Gasteiger partial charge on any atom is -0.487 e. The number of hydrogen-bond acceptors (Lipinski definition) is 5. The van der Waals surface area contributed by atoms with E-state index in [1.54, 1.807) is 43.0 Å². The Hall–Kier alpha value is -2.94. The zero-order chi connectivity index (χ0) is 20.8. The van der Waals surface area contributed by atoms with Crippen LogP contribution in [-0.4, -0.2) is 34.7 Å². The van der Waals surface area contributed by atoms with Crippen LogP contribution >= 0.6 is 0 Å². The van der Waals surface area contributed by atoms with Crippen LogP contribution in [0.4, 0.5) is 8.78 Å². The van der Waals surface area contributed by atoms with Crippen molar-refractivity contribution in [3.05, 3.63) is 47.0 Å². The van der Waals surface area contributed by atoms with E-state index >= 15 is 0 Å². The van der Waals surface area contributed by atoms with E-state index in [1.807, 2.05) is 0 Å². The van der Waals surface area contributed by atoms with Crippen molar-refractivity contribution in [2.24, 2.45) is 12.8 Å². The van der Waals surface area contributed by atoms with Crippen LogP contribution in [0.1, 0.15) is 39.7 Å². The summed E-state index contributed by atoms with van der Waals surface area (Å²) in [6.45, 7) is 1.73. The van der Waals surface area contributed by atoms with Crippen LogP contribution in [-0.2, 0) is 13.7 Å². The van der Waals surface area contributed by atoms with Crippen LogP contribution in [0.5, 0.6) is 5.75 Å². The molecule has 1 aromatic carbocycles. The van der Waals surface area contributed by atoms with Crippen molar-refractivity contribution in [3.8, 4) is 5.75 Å². The molecule has 7 nitrogen and oxygen atoms in total. The second-order valence-electron chi connectivity index (χ2n) is 7.26. The van der Waals surface area contributed by atoms with Crippen molar-refractivity contribution in [1.82, 2.24) is 15.1 Å². The lowest BCUT2D eigenvalue weighted by Gasteiger charge is -2.33. The van der Waals surface area contributed by atoms with Crippen molar-refractivity contribution in [2.45, 2.75) is 31.8 Å². The van der Waals surface area contributed by atoms with E-state index in [9.17, 15) is 13.6 Å². The number of nitrogens with one attached hydrogen (secondary N) is 1. The molecule has 1 amide bonds. The third-order valence-electron chi connectivity index (χ3n) is 5.41. The molecule has 1 aliphatic heterocycles. The van der Waals surface area contributed by atoms with E-state index in [4.69, 9.17) is 14.9 Å². The number of carbonyl (C=O) groups is 1. The Morgan fingerprint density at radius 3 is 2.90 bits per heavy atom. The SMILES string of the molecule is Cc1oc2ccc(OCc3ccnn3C)c(C3CCNCC3(F)F)c2c1C(N)=O. The molecular weight excluding hydrogens is 382 g/mol. The number of nitrogens with zero attached hydrogens (tertiary/aromatic N) is 2. The average molecular weight is 404 g/mol. The van der Waals surface area contributed by atoms with Gasteiger partial charge in [0, 0.05) is 24.2 Å². The topological polar surface area (TPSA) is 95.3 Å². The number of alkyl halides is 2. The Bertz CT molecular complexity index is 1070. The summed E-state index contributed by atoms with van der Waals surface area (Å²) in [7, 11) is 1.77. The van der Waals surface area contributed by atoms with Gasteiger partial charge in [-0.3, -0.25) is 9.48 Å². The van der Waals surface area contributed by atoms with Crippen LogP contribution < -0.4 is 15.8 Å². The van der Waals surface area contributed by atoms with Gasteiger partial charge in [0.25, 0.3) is 11.8 Å². The summed E-state index contributed by atoms with van der Waals surface area (Å²) in [4.78, 5) is 12.1. The minimum atomic E-state index is -3.02. The Balaban J connectivity index is 1.89. The van der Waals surface area contributed by atoms with Crippen LogP contribution in [0.25, 0.3) is 11.0 Å². The molecule has 0 aliphatic carbocycles. The van der Waals surface area contributed by atoms with Gasteiger partial charge >= 0.3 is 0 Å². The Labute approximate surface area is 165 Å². The van der Waals surface area contributed by atoms with Gasteiger partial charge in [-0.1, -0.05) is 0 Å². The predicted molar refractivity (Wildman–Crippen MR) is 102 cm³/mol. The van der Waals surface area contributed by atoms with E-state index in [0.717, 1.165) is 5.69 Å². The maximum Gasteiger partial charge on any atom is 0.267 e. The number of rotatable bonds is 5. The predicted octanol–water partition coefficient (Wildman–Crippen LogP) is 2.86. The van der Waals surface area contributed by atoms with Crippen molar-refractivity contribution in [3.63, 3.8) is 0 Å². The normalized spacial score (nSPS) is 18.8. The summed E-state index contributed by atoms with van der Waals surface area (Å²) >= 11 is 0. The van der Waals surface area contributed by atoms with E-state index in [-0.39, 0.29) is 29.9 Å². The first-order chi connectivity index (χ1) is 13.8. The first kappa shape index (κ1) is 19.4. The fourth-order valence-corrected chi connectivity index (χ4v) is 3.97. The summed E-state index contributed by atoms with van der Waals surface area (Å²) in [5, 5.41) is 7.13. The van der Waals surface area contributed by atoms with Crippen LogP contribution in [0.2, 0.25) is 0 Å². The number of fused-ring (bicyclic) bond motifs is 1. The first-order valence-corrected chi connectivity index (χ1v) is 9.33. The van der Waals surface area contributed by atoms with Crippen LogP contribution in [0.3, 0.4) is 0 Å². The lowest BCUT2D eigenvalue weighted by molar-refractivity contribution is -0.0423. The van der Waals surface area contributed by atoms with Gasteiger partial charge in [-0.25, -0.2) is 8.78 Å². The zero-order valence-electron chi connectivity index (χ0n) is 16.2. The number of aryl methyl sites for hydroxylation is 2. The van der Waals surface area contributed by atoms with Gasteiger partial charge in [0.1, 0.15) is 23.7 Å². The highest BCUT2D eigenvalue weighted by Crippen LogP contribution is 2.47. The highest BCUT2D eigenvalue weighted by molar-refractivity contribution is 6.08. The van der Waals surface area contributed by atoms with Gasteiger partial charge in [-0.2, -0.15) is 5.10 Å². The van der Waals surface area contributed by atoms with Gasteiger partial charge in [-0.15, -0.1) is 0 Å². The number of furan rings is 1. The largest absolute Gasteiger partial charge is 0.487 e. The molecule has 1 fully saturated rings. The first-order valence-electron chi connectivity index (χ1n) is 9.33. The monoisotopic (exact) mass is 404 g/mol. The smallest absolute Gasteiger partial charge is 0.267 e. The quantitative estimate of drug-likeness (QED) is 0.682. The number of ether oxygens (including phenoxy) is 1. The average Bonchev–Trinajstić information content (AvgIpc) is 3.21. The Morgan fingerprint density at radius 1 is 1.45 bits per heavy atom. The number of carbonyl (C=O) groups excluding carboxylic acids is 1. The number of nitrogens with two attached hydrogens (primary N) is 1. The fourth-order valence-electron chi connectivity index (χ4n) is 3.97. The summed E-state index contributed by atoms with van der Waals surface area (Å²) in [6, 6.07) is 5.02. The Kier molecular flexibility index (Phi) is 4.77. The number of halogens is 2. The van der Waals surface area contributed by atoms with Crippen LogP contribution in [0, 0.1) is 6.92 Å². The molecule has 9 heteroatoms. The molecule has 0 saturated carbocycles. The van der Waals surface area contributed by atoms with Crippen molar-refractivity contribution in [1.29, 1.82) is 0 Å². The number of primary amides is 1. The number of piperidine rings is 1. The molecule has 0 spiro atoms. The fraction of sp³-hybridized carbons (Fsp3) is 0.400. The lowest BCUT2D eigenvalue weighted by atomic mass is 9.83. The maximum absolute atomic E-state index is 14.9. The van der Waals surface area contributed by atoms with Crippen LogP contribution in [0.15, 0.2) is 28.8 Å². The summed E-state index contributed by atoms with van der Waals surface area (Å²) in [5.41, 5.74) is 7.07. The minimum absolute atomic E-state index is 0.121. The number of amides is 1. The maximum atomic E-state index is 14.9. The van der Waals surface area contributed by atoms with Crippen molar-refractivity contribution in [2.75, 3.05) is 13.1 Å². The molecule has 29 heavy (non-hydrogen) atoms. The molecular formula is C20H22F2N4O3. The summed E-state index contributed by atoms with van der Waals surface area (Å²) in [5.74, 6) is -4.28.